The Morgan fingerprint density at radius 2 is 1.91 bits per heavy atom. The molecule has 1 aromatic carbocycles. The number of amides is 2. The van der Waals surface area contributed by atoms with E-state index in [-0.39, 0.29) is 29.9 Å². The SMILES string of the molecule is Cc1nc(OCC(=O)N[C@H](C)C(=O)N2CCCCC2)c2c(-c3ccc(F)cc3)noc2n1. The molecule has 9 nitrogen and oxygen atoms in total. The van der Waals surface area contributed by atoms with E-state index in [0.29, 0.717) is 35.6 Å². The van der Waals surface area contributed by atoms with Gasteiger partial charge in [0.05, 0.1) is 0 Å². The van der Waals surface area contributed by atoms with E-state index in [0.717, 1.165) is 19.3 Å². The summed E-state index contributed by atoms with van der Waals surface area (Å²) in [6.45, 7) is 4.40. The first-order chi connectivity index (χ1) is 15.4. The third kappa shape index (κ3) is 4.68. The molecule has 0 aliphatic carbocycles. The van der Waals surface area contributed by atoms with Crippen molar-refractivity contribution in [2.75, 3.05) is 19.7 Å². The third-order valence-electron chi connectivity index (χ3n) is 5.29. The maximum atomic E-state index is 13.3. The average Bonchev–Trinajstić information content (AvgIpc) is 3.21. The lowest BCUT2D eigenvalue weighted by molar-refractivity contribution is -0.137. The van der Waals surface area contributed by atoms with Crippen molar-refractivity contribution in [2.24, 2.45) is 0 Å². The van der Waals surface area contributed by atoms with Crippen LogP contribution >= 0.6 is 0 Å². The monoisotopic (exact) mass is 441 g/mol. The van der Waals surface area contributed by atoms with E-state index in [1.54, 1.807) is 30.9 Å². The Balaban J connectivity index is 1.47. The maximum Gasteiger partial charge on any atom is 0.265 e. The van der Waals surface area contributed by atoms with E-state index < -0.39 is 11.9 Å². The van der Waals surface area contributed by atoms with Crippen molar-refractivity contribution in [3.63, 3.8) is 0 Å². The number of hydrogen-bond donors (Lipinski definition) is 1. The number of halogens is 1. The van der Waals surface area contributed by atoms with Gasteiger partial charge in [0.15, 0.2) is 6.61 Å². The van der Waals surface area contributed by atoms with Crippen LogP contribution in [-0.4, -0.2) is 57.6 Å². The van der Waals surface area contributed by atoms with Gasteiger partial charge in [-0.05, 0) is 57.4 Å². The first-order valence-electron chi connectivity index (χ1n) is 10.5. The largest absolute Gasteiger partial charge is 0.467 e. The molecule has 1 N–H and O–H groups in total. The molecule has 1 fully saturated rings. The summed E-state index contributed by atoms with van der Waals surface area (Å²) in [4.78, 5) is 35.2. The molecule has 4 rings (SSSR count). The van der Waals surface area contributed by atoms with E-state index in [9.17, 15) is 14.0 Å². The molecule has 0 spiro atoms. The predicted octanol–water partition coefficient (Wildman–Crippen LogP) is 2.63. The minimum Gasteiger partial charge on any atom is -0.467 e. The van der Waals surface area contributed by atoms with E-state index in [1.165, 1.54) is 12.1 Å². The van der Waals surface area contributed by atoms with Crippen molar-refractivity contribution in [3.8, 4) is 17.1 Å². The summed E-state index contributed by atoms with van der Waals surface area (Å²) >= 11 is 0. The number of likely N-dealkylation sites (tertiary alicyclic amines) is 1. The van der Waals surface area contributed by atoms with Gasteiger partial charge in [-0.25, -0.2) is 4.39 Å². The molecule has 1 aliphatic rings. The molecule has 1 saturated heterocycles. The maximum absolute atomic E-state index is 13.3. The van der Waals surface area contributed by atoms with E-state index in [1.807, 2.05) is 0 Å². The van der Waals surface area contributed by atoms with Gasteiger partial charge < -0.3 is 19.5 Å². The molecule has 32 heavy (non-hydrogen) atoms. The second-order valence-electron chi connectivity index (χ2n) is 7.76. The number of rotatable bonds is 6. The van der Waals surface area contributed by atoms with Crippen molar-refractivity contribution in [2.45, 2.75) is 39.2 Å². The van der Waals surface area contributed by atoms with Crippen LogP contribution in [0.25, 0.3) is 22.4 Å². The van der Waals surface area contributed by atoms with Crippen molar-refractivity contribution in [1.82, 2.24) is 25.3 Å². The summed E-state index contributed by atoms with van der Waals surface area (Å²) in [5.74, 6) is -0.431. The van der Waals surface area contributed by atoms with Crippen LogP contribution in [0, 0.1) is 12.7 Å². The quantitative estimate of drug-likeness (QED) is 0.626. The van der Waals surface area contributed by atoms with E-state index >= 15 is 0 Å². The molecule has 0 saturated carbocycles. The Bertz CT molecular complexity index is 1130. The molecule has 10 heteroatoms. The summed E-state index contributed by atoms with van der Waals surface area (Å²) in [6.07, 6.45) is 3.08. The van der Waals surface area contributed by atoms with Gasteiger partial charge in [-0.2, -0.15) is 9.97 Å². The second kappa shape index (κ2) is 9.29. The highest BCUT2D eigenvalue weighted by Crippen LogP contribution is 2.33. The van der Waals surface area contributed by atoms with Crippen LogP contribution < -0.4 is 10.1 Å². The Hall–Kier alpha value is -3.56. The van der Waals surface area contributed by atoms with Gasteiger partial charge >= 0.3 is 0 Å². The molecule has 1 atom stereocenters. The Kier molecular flexibility index (Phi) is 6.29. The number of aromatic nitrogens is 3. The zero-order chi connectivity index (χ0) is 22.7. The van der Waals surface area contributed by atoms with Crippen molar-refractivity contribution >= 4 is 22.9 Å². The first kappa shape index (κ1) is 21.7. The number of benzene rings is 1. The number of carbonyl (C=O) groups excluding carboxylic acids is 2. The van der Waals surface area contributed by atoms with Gasteiger partial charge in [-0.3, -0.25) is 9.59 Å². The van der Waals surface area contributed by atoms with Crippen LogP contribution in [0.15, 0.2) is 28.8 Å². The number of piperidine rings is 1. The number of hydrogen-bond acceptors (Lipinski definition) is 7. The van der Waals surface area contributed by atoms with Crippen LogP contribution in [0.1, 0.15) is 32.0 Å². The zero-order valence-electron chi connectivity index (χ0n) is 17.9. The van der Waals surface area contributed by atoms with Crippen LogP contribution in [0.5, 0.6) is 5.88 Å². The van der Waals surface area contributed by atoms with Gasteiger partial charge in [0, 0.05) is 18.7 Å². The number of nitrogens with zero attached hydrogens (tertiary/aromatic N) is 4. The molecule has 0 unspecified atom stereocenters. The van der Waals surface area contributed by atoms with Gasteiger partial charge in [-0.15, -0.1) is 0 Å². The normalized spacial score (nSPS) is 14.9. The van der Waals surface area contributed by atoms with Crippen LogP contribution in [0.4, 0.5) is 4.39 Å². The number of carbonyl (C=O) groups is 2. The Morgan fingerprint density at radius 3 is 2.62 bits per heavy atom. The van der Waals surface area contributed by atoms with Gasteiger partial charge in [0.25, 0.3) is 11.6 Å². The Labute approximate surface area is 183 Å². The van der Waals surface area contributed by atoms with Crippen molar-refractivity contribution < 1.29 is 23.2 Å². The lowest BCUT2D eigenvalue weighted by Crippen LogP contribution is -2.49. The predicted molar refractivity (Wildman–Crippen MR) is 113 cm³/mol. The molecule has 2 amide bonds. The summed E-state index contributed by atoms with van der Waals surface area (Å²) < 4.78 is 24.3. The Morgan fingerprint density at radius 1 is 1.19 bits per heavy atom. The second-order valence-corrected chi connectivity index (χ2v) is 7.76. The van der Waals surface area contributed by atoms with Crippen molar-refractivity contribution in [1.29, 1.82) is 0 Å². The summed E-state index contributed by atoms with van der Waals surface area (Å²) in [6, 6.07) is 5.06. The van der Waals surface area contributed by atoms with Gasteiger partial charge in [-0.1, -0.05) is 5.16 Å². The fourth-order valence-electron chi connectivity index (χ4n) is 3.70. The number of ether oxygens (including phenoxy) is 1. The smallest absolute Gasteiger partial charge is 0.265 e. The molecule has 0 bridgehead atoms. The lowest BCUT2D eigenvalue weighted by Gasteiger charge is -2.29. The van der Waals surface area contributed by atoms with Gasteiger partial charge in [0.1, 0.15) is 28.8 Å². The summed E-state index contributed by atoms with van der Waals surface area (Å²) in [5, 5.41) is 7.08. The fourth-order valence-corrected chi connectivity index (χ4v) is 3.70. The van der Waals surface area contributed by atoms with Crippen LogP contribution in [-0.2, 0) is 9.59 Å². The topological polar surface area (TPSA) is 110 Å². The standard InChI is InChI=1S/C22H24FN5O4/c1-13(22(30)28-10-4-3-5-11-28)24-17(29)12-31-20-18-19(15-6-8-16(23)9-7-15)27-32-21(18)26-14(2)25-20/h6-9,13H,3-5,10-12H2,1-2H3,(H,24,29)/t13-/m1/s1. The molecule has 2 aromatic heterocycles. The van der Waals surface area contributed by atoms with Crippen LogP contribution in [0.2, 0.25) is 0 Å². The minimum absolute atomic E-state index is 0.101. The average molecular weight is 441 g/mol. The highest BCUT2D eigenvalue weighted by Gasteiger charge is 2.24. The lowest BCUT2D eigenvalue weighted by atomic mass is 10.1. The fraction of sp³-hybridized carbons (Fsp3) is 0.409. The summed E-state index contributed by atoms with van der Waals surface area (Å²) in [7, 11) is 0. The molecule has 3 aromatic rings. The van der Waals surface area contributed by atoms with Crippen LogP contribution in [0.3, 0.4) is 0 Å². The molecular weight excluding hydrogens is 417 g/mol. The molecule has 1 aliphatic heterocycles. The molecule has 0 radical (unpaired) electrons. The molecular formula is C22H24FN5O4. The highest BCUT2D eigenvalue weighted by atomic mass is 19.1. The third-order valence-corrected chi connectivity index (χ3v) is 5.29. The molecule has 168 valence electrons. The molecule has 3 heterocycles. The number of aryl methyl sites for hydroxylation is 1. The van der Waals surface area contributed by atoms with Gasteiger partial charge in [0.2, 0.25) is 11.8 Å². The number of nitrogens with one attached hydrogen (secondary N) is 1. The first-order valence-corrected chi connectivity index (χ1v) is 10.5. The van der Waals surface area contributed by atoms with E-state index in [2.05, 4.69) is 20.4 Å². The van der Waals surface area contributed by atoms with E-state index in [4.69, 9.17) is 9.26 Å². The van der Waals surface area contributed by atoms with Crippen molar-refractivity contribution in [3.05, 3.63) is 35.9 Å². The highest BCUT2D eigenvalue weighted by molar-refractivity contribution is 5.94. The summed E-state index contributed by atoms with van der Waals surface area (Å²) in [5.41, 5.74) is 1.16. The minimum atomic E-state index is -0.651. The number of fused-ring (bicyclic) bond motifs is 1. The zero-order valence-corrected chi connectivity index (χ0v) is 17.9.